The van der Waals surface area contributed by atoms with Crippen LogP contribution < -0.4 is 0 Å². The van der Waals surface area contributed by atoms with Crippen LogP contribution in [0.3, 0.4) is 0 Å². The number of nitrogens with zero attached hydrogens (tertiary/aromatic N) is 7. The molecule has 0 amide bonds. The Kier molecular flexibility index (Phi) is 8.49. The predicted octanol–water partition coefficient (Wildman–Crippen LogP) is 14.6. The number of aromatic nitrogens is 2. The van der Waals surface area contributed by atoms with Crippen molar-refractivity contribution in [3.05, 3.63) is 209 Å². The Morgan fingerprint density at radius 3 is 1.49 bits per heavy atom. The summed E-state index contributed by atoms with van der Waals surface area (Å²) in [6.45, 7) is 25.9. The average molecular weight is 776 g/mol. The number of aryl methyl sites for hydroxylation is 1. The molecule has 0 atom stereocenters. The minimum Gasteiger partial charge on any atom is -0.310 e. The van der Waals surface area contributed by atoms with E-state index in [0.717, 1.165) is 93.9 Å². The zero-order valence-corrected chi connectivity index (χ0v) is 32.6. The van der Waals surface area contributed by atoms with Crippen molar-refractivity contribution < 1.29 is 0 Å². The highest BCUT2D eigenvalue weighted by molar-refractivity contribution is 6.13. The second-order valence-electron chi connectivity index (χ2n) is 15.0. The van der Waals surface area contributed by atoms with Crippen molar-refractivity contribution in [2.75, 3.05) is 0 Å². The van der Waals surface area contributed by atoms with Gasteiger partial charge < -0.3 is 9.13 Å². The highest BCUT2D eigenvalue weighted by atomic mass is 15.0. The summed E-state index contributed by atoms with van der Waals surface area (Å²) in [5, 5.41) is 23.6. The third-order valence-electron chi connectivity index (χ3n) is 11.4. The predicted molar refractivity (Wildman–Crippen MR) is 244 cm³/mol. The third-order valence-corrected chi connectivity index (χ3v) is 11.4. The molecule has 8 aromatic carbocycles. The highest BCUT2D eigenvalue weighted by Gasteiger charge is 2.23. The maximum absolute atomic E-state index is 9.73. The van der Waals surface area contributed by atoms with Crippen LogP contribution in [0.5, 0.6) is 0 Å². The molecule has 280 valence electrons. The van der Waals surface area contributed by atoms with Gasteiger partial charge in [0.15, 0.2) is 17.1 Å². The standard InChI is InChI=1S/C54H29N7/c1-33-16-19-52(60-48-13-7-5-10-42(48)44-29-36(17-20-50(44)60)38-23-34(31-55)25-40(27-38)57-2)46(22-33)54-47(59-4)12-9-15-53(54)61-49-14-8-6-11-43(49)45-30-37(18-21-51(45)61)39-24-35(32-56)26-41(28-39)58-3/h5-30H,1H3. The molecule has 0 aliphatic heterocycles. The van der Waals surface area contributed by atoms with E-state index in [-0.39, 0.29) is 0 Å². The molecule has 2 heterocycles. The van der Waals surface area contributed by atoms with Crippen LogP contribution in [-0.2, 0) is 0 Å². The topological polar surface area (TPSA) is 70.5 Å². The molecule has 0 spiro atoms. The van der Waals surface area contributed by atoms with Gasteiger partial charge in [-0.2, -0.15) is 10.5 Å². The molecular formula is C54H29N7. The monoisotopic (exact) mass is 775 g/mol. The van der Waals surface area contributed by atoms with Gasteiger partial charge in [0, 0.05) is 43.9 Å². The van der Waals surface area contributed by atoms with E-state index < -0.39 is 0 Å². The Labute approximate surface area is 351 Å². The first kappa shape index (κ1) is 36.2. The molecule has 10 aromatic rings. The van der Waals surface area contributed by atoms with Crippen LogP contribution in [0, 0.1) is 49.3 Å². The average Bonchev–Trinajstić information content (AvgIpc) is 3.82. The maximum atomic E-state index is 9.73. The molecule has 0 unspecified atom stereocenters. The second-order valence-corrected chi connectivity index (χ2v) is 15.0. The normalized spacial score (nSPS) is 11.0. The van der Waals surface area contributed by atoms with Crippen molar-refractivity contribution in [1.29, 1.82) is 10.5 Å². The molecule has 0 fully saturated rings. The molecule has 0 saturated carbocycles. The van der Waals surface area contributed by atoms with Gasteiger partial charge in [-0.05, 0) is 120 Å². The van der Waals surface area contributed by atoms with Crippen molar-refractivity contribution in [2.24, 2.45) is 0 Å². The first-order valence-electron chi connectivity index (χ1n) is 19.5. The van der Waals surface area contributed by atoms with E-state index in [9.17, 15) is 10.5 Å². The summed E-state index contributed by atoms with van der Waals surface area (Å²) in [7, 11) is 0. The fraction of sp³-hybridized carbons (Fsp3) is 0.0185. The molecule has 7 nitrogen and oxygen atoms in total. The smallest absolute Gasteiger partial charge is 0.197 e. The van der Waals surface area contributed by atoms with Crippen LogP contribution in [0.25, 0.3) is 103 Å². The fourth-order valence-electron chi connectivity index (χ4n) is 8.77. The van der Waals surface area contributed by atoms with Crippen LogP contribution >= 0.6 is 0 Å². The van der Waals surface area contributed by atoms with Gasteiger partial charge in [-0.3, -0.25) is 0 Å². The molecule has 2 aromatic heterocycles. The van der Waals surface area contributed by atoms with Gasteiger partial charge in [0.05, 0.1) is 59.6 Å². The number of hydrogen-bond donors (Lipinski definition) is 0. The Morgan fingerprint density at radius 1 is 0.443 bits per heavy atom. The van der Waals surface area contributed by atoms with Crippen LogP contribution in [-0.4, -0.2) is 9.13 Å². The number of fused-ring (bicyclic) bond motifs is 6. The first-order chi connectivity index (χ1) is 29.9. The van der Waals surface area contributed by atoms with E-state index in [2.05, 4.69) is 116 Å². The summed E-state index contributed by atoms with van der Waals surface area (Å²) in [4.78, 5) is 11.4. The van der Waals surface area contributed by atoms with Gasteiger partial charge in [0.2, 0.25) is 0 Å². The lowest BCUT2D eigenvalue weighted by molar-refractivity contribution is 1.16. The van der Waals surface area contributed by atoms with E-state index in [4.69, 9.17) is 19.7 Å². The molecule has 0 bridgehead atoms. The Morgan fingerprint density at radius 2 is 0.967 bits per heavy atom. The van der Waals surface area contributed by atoms with Gasteiger partial charge >= 0.3 is 0 Å². The Hall–Kier alpha value is -9.19. The minimum atomic E-state index is 0.412. The molecule has 0 N–H and O–H groups in total. The van der Waals surface area contributed by atoms with Crippen molar-refractivity contribution in [3.8, 4) is 56.9 Å². The third kappa shape index (κ3) is 5.85. The van der Waals surface area contributed by atoms with Crippen molar-refractivity contribution in [1.82, 2.24) is 9.13 Å². The Bertz CT molecular complexity index is 3670. The van der Waals surface area contributed by atoms with Gasteiger partial charge in [0.25, 0.3) is 0 Å². The number of hydrogen-bond acceptors (Lipinski definition) is 2. The lowest BCUT2D eigenvalue weighted by atomic mass is 9.97. The first-order valence-corrected chi connectivity index (χ1v) is 19.5. The number of benzene rings is 8. The van der Waals surface area contributed by atoms with Crippen molar-refractivity contribution in [3.63, 3.8) is 0 Å². The molecular weight excluding hydrogens is 747 g/mol. The summed E-state index contributed by atoms with van der Waals surface area (Å²) in [5.41, 5.74) is 14.1. The molecule has 10 rings (SSSR count). The summed E-state index contributed by atoms with van der Waals surface area (Å²) in [6.07, 6.45) is 0. The molecule has 61 heavy (non-hydrogen) atoms. The van der Waals surface area contributed by atoms with E-state index >= 15 is 0 Å². The molecule has 0 aliphatic rings. The summed E-state index contributed by atoms with van der Waals surface area (Å²) in [6, 6.07) is 56.3. The van der Waals surface area contributed by atoms with Gasteiger partial charge in [0.1, 0.15) is 0 Å². The zero-order valence-electron chi connectivity index (χ0n) is 32.6. The van der Waals surface area contributed by atoms with Crippen LogP contribution in [0.2, 0.25) is 0 Å². The van der Waals surface area contributed by atoms with Gasteiger partial charge in [-0.1, -0.05) is 78.4 Å². The van der Waals surface area contributed by atoms with Crippen LogP contribution in [0.4, 0.5) is 17.1 Å². The maximum Gasteiger partial charge on any atom is 0.197 e. The lowest BCUT2D eigenvalue weighted by Crippen LogP contribution is -2.02. The number of nitriles is 2. The number of rotatable bonds is 5. The van der Waals surface area contributed by atoms with Crippen molar-refractivity contribution >= 4 is 60.7 Å². The van der Waals surface area contributed by atoms with Crippen molar-refractivity contribution in [2.45, 2.75) is 6.92 Å². The summed E-state index contributed by atoms with van der Waals surface area (Å²) < 4.78 is 4.51. The quantitative estimate of drug-likeness (QED) is 0.163. The van der Waals surface area contributed by atoms with E-state index in [1.54, 1.807) is 12.1 Å². The fourth-order valence-corrected chi connectivity index (χ4v) is 8.77. The molecule has 0 saturated heterocycles. The zero-order chi connectivity index (χ0) is 41.8. The summed E-state index contributed by atoms with van der Waals surface area (Å²) >= 11 is 0. The molecule has 0 aliphatic carbocycles. The molecule has 7 heteroatoms. The highest BCUT2D eigenvalue weighted by Crippen LogP contribution is 2.46. The van der Waals surface area contributed by atoms with Crippen LogP contribution in [0.1, 0.15) is 16.7 Å². The summed E-state index contributed by atoms with van der Waals surface area (Å²) in [5.74, 6) is 0. The lowest BCUT2D eigenvalue weighted by Gasteiger charge is -2.20. The Balaban J connectivity index is 1.23. The molecule has 0 radical (unpaired) electrons. The SMILES string of the molecule is [C-]#[N+]c1cc(C#N)cc(-c2ccc3c(c2)c2ccccc2n3-c2ccc(C)cc2-c2c([N+]#[C-])cccc2-n2c3ccccc3c3cc(-c4cc(C#N)cc([N+]#[C-])c4)ccc32)c1. The van der Waals surface area contributed by atoms with Gasteiger partial charge in [-0.15, -0.1) is 0 Å². The van der Waals surface area contributed by atoms with Crippen LogP contribution in [0.15, 0.2) is 158 Å². The largest absolute Gasteiger partial charge is 0.310 e. The van der Waals surface area contributed by atoms with E-state index in [1.165, 1.54) is 0 Å². The van der Waals surface area contributed by atoms with E-state index in [0.29, 0.717) is 28.2 Å². The van der Waals surface area contributed by atoms with E-state index in [1.807, 2.05) is 72.8 Å². The second kappa shape index (κ2) is 14.3. The minimum absolute atomic E-state index is 0.412. The number of para-hydroxylation sites is 2. The van der Waals surface area contributed by atoms with Gasteiger partial charge in [-0.25, -0.2) is 14.5 Å².